The number of hydrogen-bond donors (Lipinski definition) is 1. The van der Waals surface area contributed by atoms with E-state index in [1.165, 1.54) is 42.5 Å². The van der Waals surface area contributed by atoms with Gasteiger partial charge in [0.1, 0.15) is 5.75 Å². The maximum Gasteiger partial charge on any atom is 0.387 e. The van der Waals surface area contributed by atoms with E-state index in [1.807, 2.05) is 0 Å². The van der Waals surface area contributed by atoms with E-state index in [-0.39, 0.29) is 11.4 Å². The average Bonchev–Trinajstić information content (AvgIpc) is 2.55. The fourth-order valence-electron chi connectivity index (χ4n) is 2.00. The largest absolute Gasteiger partial charge is 0.435 e. The van der Waals surface area contributed by atoms with Gasteiger partial charge in [0, 0.05) is 23.4 Å². The number of benzene rings is 2. The lowest BCUT2D eigenvalue weighted by Crippen LogP contribution is -2.08. The molecule has 0 radical (unpaired) electrons. The number of anilines is 1. The normalized spacial score (nSPS) is 10.9. The van der Waals surface area contributed by atoms with Crippen LogP contribution in [0.4, 0.5) is 20.2 Å². The third kappa shape index (κ3) is 5.38. The summed E-state index contributed by atoms with van der Waals surface area (Å²) in [6.45, 7) is -1.30. The predicted molar refractivity (Wildman–Crippen MR) is 88.6 cm³/mol. The van der Waals surface area contributed by atoms with Gasteiger partial charge < -0.3 is 10.1 Å². The zero-order valence-electron chi connectivity index (χ0n) is 13.1. The van der Waals surface area contributed by atoms with Gasteiger partial charge >= 0.3 is 6.61 Å². The van der Waals surface area contributed by atoms with Crippen molar-refractivity contribution in [1.29, 1.82) is 0 Å². The molecule has 25 heavy (non-hydrogen) atoms. The van der Waals surface area contributed by atoms with Crippen LogP contribution in [0.15, 0.2) is 48.5 Å². The number of halogens is 2. The van der Waals surface area contributed by atoms with Crippen molar-refractivity contribution in [2.24, 2.45) is 0 Å². The molecule has 6 nitrogen and oxygen atoms in total. The second kappa shape index (κ2) is 8.00. The summed E-state index contributed by atoms with van der Waals surface area (Å²) in [4.78, 5) is 22.2. The van der Waals surface area contributed by atoms with E-state index in [0.29, 0.717) is 16.8 Å². The first-order chi connectivity index (χ1) is 11.8. The Kier molecular flexibility index (Phi) is 5.78. The summed E-state index contributed by atoms with van der Waals surface area (Å²) in [6, 6.07) is 10.1. The molecular weight excluding hydrogens is 334 g/mol. The van der Waals surface area contributed by atoms with Crippen molar-refractivity contribution in [3.63, 3.8) is 0 Å². The van der Waals surface area contributed by atoms with Crippen LogP contribution in [0.2, 0.25) is 0 Å². The third-order valence-corrected chi connectivity index (χ3v) is 3.21. The molecule has 2 aromatic rings. The summed E-state index contributed by atoms with van der Waals surface area (Å²) in [5.74, 6) is -0.463. The number of aryl methyl sites for hydroxylation is 1. The van der Waals surface area contributed by atoms with Gasteiger partial charge in [-0.3, -0.25) is 14.9 Å². The highest BCUT2D eigenvalue weighted by Crippen LogP contribution is 2.22. The monoisotopic (exact) mass is 348 g/mol. The Morgan fingerprint density at radius 1 is 1.24 bits per heavy atom. The van der Waals surface area contributed by atoms with Crippen molar-refractivity contribution in [1.82, 2.24) is 0 Å². The van der Waals surface area contributed by atoms with Crippen molar-refractivity contribution in [3.8, 4) is 5.75 Å². The molecule has 0 aromatic heterocycles. The number of nitrogens with zero attached hydrogens (tertiary/aromatic N) is 1. The van der Waals surface area contributed by atoms with E-state index in [1.54, 1.807) is 19.1 Å². The predicted octanol–water partition coefficient (Wildman–Crippen LogP) is 4.16. The van der Waals surface area contributed by atoms with E-state index in [2.05, 4.69) is 10.1 Å². The molecule has 130 valence electrons. The molecule has 0 fully saturated rings. The number of nitro benzene ring substituents is 1. The Hall–Kier alpha value is -3.29. The van der Waals surface area contributed by atoms with E-state index in [9.17, 15) is 23.7 Å². The number of amides is 1. The quantitative estimate of drug-likeness (QED) is 0.483. The minimum absolute atomic E-state index is 0.0172. The molecule has 0 saturated carbocycles. The summed E-state index contributed by atoms with van der Waals surface area (Å²) >= 11 is 0. The maximum atomic E-state index is 12.1. The van der Waals surface area contributed by atoms with Gasteiger partial charge in [0.05, 0.1) is 4.92 Å². The second-order valence-electron chi connectivity index (χ2n) is 5.03. The molecule has 2 rings (SSSR count). The van der Waals surface area contributed by atoms with Gasteiger partial charge in [-0.1, -0.05) is 18.2 Å². The molecule has 1 N–H and O–H groups in total. The first-order valence-corrected chi connectivity index (χ1v) is 7.14. The molecule has 0 aliphatic rings. The topological polar surface area (TPSA) is 81.5 Å². The molecule has 0 spiro atoms. The highest BCUT2D eigenvalue weighted by molar-refractivity contribution is 6.02. The summed E-state index contributed by atoms with van der Waals surface area (Å²) in [7, 11) is 0. The summed E-state index contributed by atoms with van der Waals surface area (Å²) < 4.78 is 28.3. The SMILES string of the molecule is Cc1ccc(NC(=O)/C=C/c2ccc(OC(F)F)cc2)cc1[N+](=O)[O-]. The molecule has 0 aliphatic heterocycles. The summed E-state index contributed by atoms with van der Waals surface area (Å²) in [5.41, 5.74) is 1.31. The first-order valence-electron chi connectivity index (χ1n) is 7.14. The zero-order chi connectivity index (χ0) is 18.4. The molecule has 0 aliphatic carbocycles. The number of alkyl halides is 2. The van der Waals surface area contributed by atoms with Crippen LogP contribution >= 0.6 is 0 Å². The molecule has 0 heterocycles. The van der Waals surface area contributed by atoms with E-state index < -0.39 is 17.4 Å². The van der Waals surface area contributed by atoms with Gasteiger partial charge in [0.25, 0.3) is 5.69 Å². The van der Waals surface area contributed by atoms with Gasteiger partial charge in [-0.2, -0.15) is 8.78 Å². The van der Waals surface area contributed by atoms with E-state index >= 15 is 0 Å². The van der Waals surface area contributed by atoms with Crippen LogP contribution < -0.4 is 10.1 Å². The number of nitrogens with one attached hydrogen (secondary N) is 1. The Morgan fingerprint density at radius 2 is 1.92 bits per heavy atom. The number of nitro groups is 1. The molecule has 0 saturated heterocycles. The Balaban J connectivity index is 2.01. The van der Waals surface area contributed by atoms with Crippen molar-refractivity contribution < 1.29 is 23.2 Å². The smallest absolute Gasteiger partial charge is 0.387 e. The highest BCUT2D eigenvalue weighted by Gasteiger charge is 2.11. The Morgan fingerprint density at radius 3 is 2.52 bits per heavy atom. The van der Waals surface area contributed by atoms with E-state index in [0.717, 1.165) is 0 Å². The van der Waals surface area contributed by atoms with Crippen molar-refractivity contribution in [3.05, 3.63) is 69.8 Å². The lowest BCUT2D eigenvalue weighted by Gasteiger charge is -2.04. The number of rotatable bonds is 6. The Labute approximate surface area is 141 Å². The van der Waals surface area contributed by atoms with Crippen molar-refractivity contribution in [2.75, 3.05) is 5.32 Å². The van der Waals surface area contributed by atoms with Gasteiger partial charge in [0.15, 0.2) is 0 Å². The highest BCUT2D eigenvalue weighted by atomic mass is 19.3. The standard InChI is InChI=1S/C17H14F2N2O4/c1-11-2-6-13(10-15(11)21(23)24)20-16(22)9-5-12-3-7-14(8-4-12)25-17(18)19/h2-10,17H,1H3,(H,20,22)/b9-5+. The van der Waals surface area contributed by atoms with E-state index in [4.69, 9.17) is 0 Å². The molecular formula is C17H14F2N2O4. The fraction of sp³-hybridized carbons (Fsp3) is 0.118. The minimum Gasteiger partial charge on any atom is -0.435 e. The number of carbonyl (C=O) groups is 1. The van der Waals surface area contributed by atoms with Crippen LogP contribution in [0.3, 0.4) is 0 Å². The maximum absolute atomic E-state index is 12.1. The van der Waals surface area contributed by atoms with Crippen LogP contribution in [0, 0.1) is 17.0 Å². The van der Waals surface area contributed by atoms with Crippen molar-refractivity contribution >= 4 is 23.4 Å². The molecule has 2 aromatic carbocycles. The summed E-state index contributed by atoms with van der Waals surface area (Å²) in [6.07, 6.45) is 2.71. The summed E-state index contributed by atoms with van der Waals surface area (Å²) in [5, 5.41) is 13.4. The lowest BCUT2D eigenvalue weighted by molar-refractivity contribution is -0.385. The Bertz CT molecular complexity index is 805. The van der Waals surface area contributed by atoms with Crippen LogP contribution in [0.5, 0.6) is 5.75 Å². The number of hydrogen-bond acceptors (Lipinski definition) is 4. The van der Waals surface area contributed by atoms with Gasteiger partial charge in [-0.05, 0) is 36.8 Å². The van der Waals surface area contributed by atoms with Crippen molar-refractivity contribution in [2.45, 2.75) is 13.5 Å². The van der Waals surface area contributed by atoms with Crippen LogP contribution in [-0.4, -0.2) is 17.4 Å². The molecule has 8 heteroatoms. The lowest BCUT2D eigenvalue weighted by atomic mass is 10.2. The zero-order valence-corrected chi connectivity index (χ0v) is 13.1. The first kappa shape index (κ1) is 18.1. The van der Waals surface area contributed by atoms with Gasteiger partial charge in [-0.15, -0.1) is 0 Å². The number of ether oxygens (including phenoxy) is 1. The second-order valence-corrected chi connectivity index (χ2v) is 5.03. The molecule has 0 bridgehead atoms. The minimum atomic E-state index is -2.90. The third-order valence-electron chi connectivity index (χ3n) is 3.21. The molecule has 0 unspecified atom stereocenters. The molecule has 1 amide bonds. The number of carbonyl (C=O) groups excluding carboxylic acids is 1. The fourth-order valence-corrected chi connectivity index (χ4v) is 2.00. The molecule has 0 atom stereocenters. The van der Waals surface area contributed by atoms with Crippen LogP contribution in [0.1, 0.15) is 11.1 Å². The average molecular weight is 348 g/mol. The van der Waals surface area contributed by atoms with Gasteiger partial charge in [0.2, 0.25) is 5.91 Å². The van der Waals surface area contributed by atoms with Crippen LogP contribution in [0.25, 0.3) is 6.08 Å². The van der Waals surface area contributed by atoms with Crippen LogP contribution in [-0.2, 0) is 4.79 Å². The van der Waals surface area contributed by atoms with Gasteiger partial charge in [-0.25, -0.2) is 0 Å².